The van der Waals surface area contributed by atoms with E-state index in [-0.39, 0.29) is 5.97 Å². The van der Waals surface area contributed by atoms with Crippen molar-refractivity contribution in [2.75, 3.05) is 38.2 Å². The average Bonchev–Trinajstić information content (AvgIpc) is 3.30. The van der Waals surface area contributed by atoms with Crippen LogP contribution in [-0.2, 0) is 19.0 Å². The van der Waals surface area contributed by atoms with E-state index >= 15 is 0 Å². The number of hydrogen-bond acceptors (Lipinski definition) is 7. The van der Waals surface area contributed by atoms with Crippen LogP contribution >= 0.6 is 0 Å². The van der Waals surface area contributed by atoms with E-state index in [1.54, 1.807) is 6.20 Å². The van der Waals surface area contributed by atoms with Crippen LogP contribution in [0.3, 0.4) is 0 Å². The minimum Gasteiger partial charge on any atom is -0.466 e. The van der Waals surface area contributed by atoms with Crippen LogP contribution < -0.4 is 4.90 Å². The highest BCUT2D eigenvalue weighted by Crippen LogP contribution is 2.38. The van der Waals surface area contributed by atoms with Gasteiger partial charge in [-0.1, -0.05) is 45.7 Å². The Balaban J connectivity index is 1.80. The number of nitrogens with zero attached hydrogens (tertiary/aromatic N) is 4. The Labute approximate surface area is 231 Å². The molecule has 0 saturated heterocycles. The number of anilines is 1. The van der Waals surface area contributed by atoms with Crippen LogP contribution in [0.15, 0.2) is 18.3 Å². The first-order chi connectivity index (χ1) is 17.9. The highest BCUT2D eigenvalue weighted by atomic mass is 28.3. The fourth-order valence-corrected chi connectivity index (χ4v) is 6.34. The van der Waals surface area contributed by atoms with E-state index in [1.807, 2.05) is 17.5 Å². The van der Waals surface area contributed by atoms with Gasteiger partial charge in [0.2, 0.25) is 0 Å². The van der Waals surface area contributed by atoms with Crippen molar-refractivity contribution in [1.82, 2.24) is 14.6 Å². The van der Waals surface area contributed by atoms with Gasteiger partial charge in [-0.25, -0.2) is 4.98 Å². The van der Waals surface area contributed by atoms with Crippen molar-refractivity contribution in [3.63, 3.8) is 0 Å². The summed E-state index contributed by atoms with van der Waals surface area (Å²) in [5.74, 6) is 1.51. The molecule has 2 aromatic rings. The predicted molar refractivity (Wildman–Crippen MR) is 159 cm³/mol. The lowest BCUT2D eigenvalue weighted by Gasteiger charge is -2.30. The van der Waals surface area contributed by atoms with Gasteiger partial charge >= 0.3 is 5.97 Å². The summed E-state index contributed by atoms with van der Waals surface area (Å²) in [7, 11) is -2.36. The summed E-state index contributed by atoms with van der Waals surface area (Å²) in [6, 6.07) is 6.38. The van der Waals surface area contributed by atoms with Gasteiger partial charge in [-0.05, 0) is 44.2 Å². The third-order valence-electron chi connectivity index (χ3n) is 7.13. The van der Waals surface area contributed by atoms with E-state index in [4.69, 9.17) is 19.2 Å². The summed E-state index contributed by atoms with van der Waals surface area (Å²) in [5, 5.41) is 4.59. The van der Waals surface area contributed by atoms with Crippen LogP contribution in [0.4, 0.5) is 5.82 Å². The molecule has 0 bridgehead atoms. The monoisotopic (exact) mass is 562 g/mol. The van der Waals surface area contributed by atoms with Crippen molar-refractivity contribution < 1.29 is 19.0 Å². The molecule has 0 spiro atoms. The lowest BCUT2D eigenvalue weighted by Crippen LogP contribution is -2.33. The van der Waals surface area contributed by atoms with Crippen LogP contribution in [0.5, 0.6) is 0 Å². The maximum absolute atomic E-state index is 12.1. The van der Waals surface area contributed by atoms with Gasteiger partial charge in [0.05, 0.1) is 12.8 Å². The lowest BCUT2D eigenvalue weighted by atomic mass is 9.78. The number of fused-ring (bicyclic) bond motifs is 1. The van der Waals surface area contributed by atoms with E-state index < -0.39 is 16.1 Å². The summed E-state index contributed by atoms with van der Waals surface area (Å²) in [5.41, 5.74) is 1.90. The number of aromatic nitrogens is 3. The summed E-state index contributed by atoms with van der Waals surface area (Å²) < 4.78 is 19.5. The zero-order chi connectivity index (χ0) is 27.8. The van der Waals surface area contributed by atoms with Crippen molar-refractivity contribution in [1.29, 1.82) is 0 Å². The fraction of sp³-hybridized carbons (Fsp3) is 0.750. The number of carbonyl (C=O) groups is 1. The van der Waals surface area contributed by atoms with E-state index in [0.717, 1.165) is 68.1 Å². The van der Waals surface area contributed by atoms with Crippen molar-refractivity contribution >= 4 is 33.6 Å². The van der Waals surface area contributed by atoms with Crippen LogP contribution in [0.25, 0.3) is 5.65 Å². The maximum atomic E-state index is 12.1. The second kappa shape index (κ2) is 14.0. The van der Waals surface area contributed by atoms with E-state index in [2.05, 4.69) is 55.3 Å². The standard InChI is InChI=1S/C28H50N4O4Si2/c1-8-36-28(33)19-23-10-9-11-24(18-23)25-20-27(32-26(30-25)12-13-29-32)31(21-34-14-16-37(2,3)4)22-35-15-17-38(5,6)7/h12-13,20,23-24H,8-11,14-19,21-22H2,1-7H3. The Hall–Kier alpha value is -1.76. The second-order valence-electron chi connectivity index (χ2n) is 13.1. The van der Waals surface area contributed by atoms with Gasteiger partial charge in [0.1, 0.15) is 19.3 Å². The zero-order valence-electron chi connectivity index (χ0n) is 24.8. The molecule has 214 valence electrons. The molecule has 1 aliphatic rings. The van der Waals surface area contributed by atoms with Crippen LogP contribution in [0.2, 0.25) is 51.4 Å². The largest absolute Gasteiger partial charge is 0.466 e. The van der Waals surface area contributed by atoms with E-state index in [1.165, 1.54) is 0 Å². The molecule has 1 fully saturated rings. The number of esters is 1. The fourth-order valence-electron chi connectivity index (χ4n) is 4.83. The third-order valence-corrected chi connectivity index (χ3v) is 10.5. The molecule has 8 nitrogen and oxygen atoms in total. The topological polar surface area (TPSA) is 78.2 Å². The average molecular weight is 563 g/mol. The van der Waals surface area contributed by atoms with Crippen molar-refractivity contribution in [2.45, 2.75) is 96.3 Å². The van der Waals surface area contributed by atoms with Crippen LogP contribution in [0, 0.1) is 5.92 Å². The third kappa shape index (κ3) is 10.1. The quantitative estimate of drug-likeness (QED) is 0.108. The van der Waals surface area contributed by atoms with Gasteiger partial charge < -0.3 is 19.1 Å². The Kier molecular flexibility index (Phi) is 11.4. The van der Waals surface area contributed by atoms with Gasteiger partial charge in [-0.2, -0.15) is 9.61 Å². The Morgan fingerprint density at radius 1 is 1.05 bits per heavy atom. The van der Waals surface area contributed by atoms with Gasteiger partial charge in [0, 0.05) is 59.5 Å². The molecule has 0 radical (unpaired) electrons. The van der Waals surface area contributed by atoms with E-state index in [0.29, 0.717) is 38.3 Å². The molecule has 0 N–H and O–H groups in total. The Morgan fingerprint density at radius 2 is 1.71 bits per heavy atom. The molecule has 2 heterocycles. The molecule has 38 heavy (non-hydrogen) atoms. The molecule has 10 heteroatoms. The smallest absolute Gasteiger partial charge is 0.306 e. The number of hydrogen-bond donors (Lipinski definition) is 0. The molecule has 1 saturated carbocycles. The minimum absolute atomic E-state index is 0.0878. The molecule has 2 unspecified atom stereocenters. The molecule has 0 aromatic carbocycles. The Bertz CT molecular complexity index is 996. The number of carbonyl (C=O) groups excluding carboxylic acids is 1. The summed E-state index contributed by atoms with van der Waals surface area (Å²) in [4.78, 5) is 19.3. The molecule has 2 aromatic heterocycles. The molecule has 1 aliphatic carbocycles. The maximum Gasteiger partial charge on any atom is 0.306 e. The molecule has 0 amide bonds. The highest BCUT2D eigenvalue weighted by molar-refractivity contribution is 6.76. The van der Waals surface area contributed by atoms with Crippen molar-refractivity contribution in [3.05, 3.63) is 24.0 Å². The number of ether oxygens (including phenoxy) is 3. The minimum atomic E-state index is -1.18. The first-order valence-corrected chi connectivity index (χ1v) is 21.8. The molecular weight excluding hydrogens is 513 g/mol. The van der Waals surface area contributed by atoms with Gasteiger partial charge in [-0.3, -0.25) is 4.79 Å². The number of rotatable bonds is 15. The molecular formula is C28H50N4O4Si2. The zero-order valence-corrected chi connectivity index (χ0v) is 26.8. The summed E-state index contributed by atoms with van der Waals surface area (Å²) in [6.45, 7) is 18.9. The first kappa shape index (κ1) is 30.8. The van der Waals surface area contributed by atoms with Crippen LogP contribution in [-0.4, -0.2) is 70.0 Å². The summed E-state index contributed by atoms with van der Waals surface area (Å²) in [6.07, 6.45) is 6.49. The van der Waals surface area contributed by atoms with Gasteiger partial charge in [-0.15, -0.1) is 0 Å². The van der Waals surface area contributed by atoms with Gasteiger partial charge in [0.15, 0.2) is 5.65 Å². The lowest BCUT2D eigenvalue weighted by molar-refractivity contribution is -0.144. The highest BCUT2D eigenvalue weighted by Gasteiger charge is 2.28. The van der Waals surface area contributed by atoms with Gasteiger partial charge in [0.25, 0.3) is 0 Å². The SMILES string of the molecule is CCOC(=O)CC1CCCC(c2cc(N(COCC[Si](C)(C)C)COCC[Si](C)(C)C)n3nccc3n2)C1. The summed E-state index contributed by atoms with van der Waals surface area (Å²) >= 11 is 0. The van der Waals surface area contributed by atoms with Crippen LogP contribution in [0.1, 0.15) is 50.6 Å². The van der Waals surface area contributed by atoms with Crippen molar-refractivity contribution in [2.24, 2.45) is 5.92 Å². The second-order valence-corrected chi connectivity index (χ2v) is 24.4. The van der Waals surface area contributed by atoms with Crippen molar-refractivity contribution in [3.8, 4) is 0 Å². The Morgan fingerprint density at radius 3 is 2.32 bits per heavy atom. The predicted octanol–water partition coefficient (Wildman–Crippen LogP) is 6.39. The normalized spacial score (nSPS) is 18.6. The molecule has 0 aliphatic heterocycles. The van der Waals surface area contributed by atoms with E-state index in [9.17, 15) is 4.79 Å². The molecule has 3 rings (SSSR count). The first-order valence-electron chi connectivity index (χ1n) is 14.4. The molecule has 2 atom stereocenters.